The van der Waals surface area contributed by atoms with Gasteiger partial charge in [0, 0.05) is 19.1 Å². The van der Waals surface area contributed by atoms with Gasteiger partial charge in [0.2, 0.25) is 0 Å². The highest BCUT2D eigenvalue weighted by atomic mass is 15.2. The van der Waals surface area contributed by atoms with Crippen LogP contribution < -0.4 is 0 Å². The average Bonchev–Trinajstić information content (AvgIpc) is 2.62. The smallest absolute Gasteiger partial charge is 0.00534 e. The fourth-order valence-corrected chi connectivity index (χ4v) is 3.32. The van der Waals surface area contributed by atoms with Crippen molar-refractivity contribution in [1.82, 2.24) is 9.80 Å². The Morgan fingerprint density at radius 3 is 2.53 bits per heavy atom. The van der Waals surface area contributed by atoms with Gasteiger partial charge in [-0.25, -0.2) is 0 Å². The van der Waals surface area contributed by atoms with Crippen molar-refractivity contribution < 1.29 is 0 Å². The van der Waals surface area contributed by atoms with Crippen molar-refractivity contribution in [3.63, 3.8) is 0 Å². The molecule has 0 bridgehead atoms. The molecule has 2 aliphatic heterocycles. The summed E-state index contributed by atoms with van der Waals surface area (Å²) in [5, 5.41) is 0. The fourth-order valence-electron chi connectivity index (χ4n) is 3.32. The van der Waals surface area contributed by atoms with Gasteiger partial charge < -0.3 is 9.80 Å². The van der Waals surface area contributed by atoms with Crippen molar-refractivity contribution >= 4 is 0 Å². The highest BCUT2D eigenvalue weighted by Crippen LogP contribution is 2.39. The summed E-state index contributed by atoms with van der Waals surface area (Å²) in [6, 6.07) is 0.737. The lowest BCUT2D eigenvalue weighted by Gasteiger charge is -2.40. The van der Waals surface area contributed by atoms with Crippen LogP contribution >= 0.6 is 0 Å². The summed E-state index contributed by atoms with van der Waals surface area (Å²) in [6.45, 7) is 13.6. The minimum atomic E-state index is 0.651. The topological polar surface area (TPSA) is 6.48 Å². The standard InChI is InChI=1S/C13H26N2/c1-4-14-8-5-6-13(10-14)7-9-15(11-13)12(2)3/h12H,4-11H2,1-3H3. The molecule has 2 rings (SSSR count). The Morgan fingerprint density at radius 1 is 1.13 bits per heavy atom. The molecule has 0 aliphatic carbocycles. The third-order valence-corrected chi connectivity index (χ3v) is 4.39. The highest BCUT2D eigenvalue weighted by Gasteiger charge is 2.41. The van der Waals surface area contributed by atoms with E-state index in [1.807, 2.05) is 0 Å². The lowest BCUT2D eigenvalue weighted by Crippen LogP contribution is -2.45. The van der Waals surface area contributed by atoms with E-state index in [0.29, 0.717) is 5.41 Å². The molecular formula is C13H26N2. The van der Waals surface area contributed by atoms with Crippen LogP contribution in [0, 0.1) is 5.41 Å². The van der Waals surface area contributed by atoms with Gasteiger partial charge >= 0.3 is 0 Å². The quantitative estimate of drug-likeness (QED) is 0.689. The summed E-state index contributed by atoms with van der Waals surface area (Å²) in [5.41, 5.74) is 0.651. The Bertz CT molecular complexity index is 215. The van der Waals surface area contributed by atoms with Crippen molar-refractivity contribution in [2.75, 3.05) is 32.7 Å². The van der Waals surface area contributed by atoms with Crippen molar-refractivity contribution in [3.05, 3.63) is 0 Å². The number of piperidine rings is 1. The van der Waals surface area contributed by atoms with Gasteiger partial charge in [0.1, 0.15) is 0 Å². The van der Waals surface area contributed by atoms with Gasteiger partial charge in [-0.05, 0) is 58.2 Å². The molecule has 0 amide bonds. The molecule has 1 unspecified atom stereocenters. The summed E-state index contributed by atoms with van der Waals surface area (Å²) in [5.74, 6) is 0. The molecule has 1 atom stereocenters. The SMILES string of the molecule is CCN1CCCC2(CCN(C(C)C)C2)C1. The van der Waals surface area contributed by atoms with Crippen molar-refractivity contribution in [1.29, 1.82) is 0 Å². The third kappa shape index (κ3) is 2.36. The molecule has 2 fully saturated rings. The summed E-state index contributed by atoms with van der Waals surface area (Å²) >= 11 is 0. The molecule has 15 heavy (non-hydrogen) atoms. The summed E-state index contributed by atoms with van der Waals surface area (Å²) in [7, 11) is 0. The van der Waals surface area contributed by atoms with E-state index in [9.17, 15) is 0 Å². The predicted octanol–water partition coefficient (Wildman–Crippen LogP) is 2.20. The minimum absolute atomic E-state index is 0.651. The van der Waals surface area contributed by atoms with Crippen LogP contribution in [-0.4, -0.2) is 48.6 Å². The zero-order valence-corrected chi connectivity index (χ0v) is 10.6. The number of likely N-dealkylation sites (tertiary alicyclic amines) is 2. The van der Waals surface area contributed by atoms with Gasteiger partial charge in [0.05, 0.1) is 0 Å². The molecule has 0 aromatic heterocycles. The van der Waals surface area contributed by atoms with Crippen LogP contribution in [0.3, 0.4) is 0 Å². The van der Waals surface area contributed by atoms with Crippen LogP contribution in [0.5, 0.6) is 0 Å². The summed E-state index contributed by atoms with van der Waals surface area (Å²) in [6.07, 6.45) is 4.31. The first-order chi connectivity index (χ1) is 7.15. The molecule has 88 valence electrons. The summed E-state index contributed by atoms with van der Waals surface area (Å²) < 4.78 is 0. The molecular weight excluding hydrogens is 184 g/mol. The third-order valence-electron chi connectivity index (χ3n) is 4.39. The van der Waals surface area contributed by atoms with Crippen LogP contribution in [0.4, 0.5) is 0 Å². The van der Waals surface area contributed by atoms with E-state index in [0.717, 1.165) is 6.04 Å². The first-order valence-electron chi connectivity index (χ1n) is 6.62. The van der Waals surface area contributed by atoms with Crippen LogP contribution in [0.25, 0.3) is 0 Å². The van der Waals surface area contributed by atoms with Crippen LogP contribution in [0.15, 0.2) is 0 Å². The molecule has 1 spiro atoms. The van der Waals surface area contributed by atoms with Gasteiger partial charge in [-0.15, -0.1) is 0 Å². The molecule has 2 heterocycles. The van der Waals surface area contributed by atoms with Gasteiger partial charge in [0.25, 0.3) is 0 Å². The highest BCUT2D eigenvalue weighted by molar-refractivity contribution is 4.95. The van der Waals surface area contributed by atoms with Gasteiger partial charge in [0.15, 0.2) is 0 Å². The second-order valence-electron chi connectivity index (χ2n) is 5.79. The number of nitrogens with zero attached hydrogens (tertiary/aromatic N) is 2. The Balaban J connectivity index is 1.96. The molecule has 0 radical (unpaired) electrons. The van der Waals surface area contributed by atoms with E-state index in [1.54, 1.807) is 0 Å². The first kappa shape index (κ1) is 11.4. The van der Waals surface area contributed by atoms with E-state index in [2.05, 4.69) is 30.6 Å². The lowest BCUT2D eigenvalue weighted by atomic mass is 9.79. The number of hydrogen-bond acceptors (Lipinski definition) is 2. The Hall–Kier alpha value is -0.0800. The molecule has 0 aromatic carbocycles. The first-order valence-corrected chi connectivity index (χ1v) is 6.62. The van der Waals surface area contributed by atoms with Crippen molar-refractivity contribution in [3.8, 4) is 0 Å². The lowest BCUT2D eigenvalue weighted by molar-refractivity contribution is 0.0929. The van der Waals surface area contributed by atoms with E-state index in [-0.39, 0.29) is 0 Å². The zero-order chi connectivity index (χ0) is 10.9. The molecule has 2 saturated heterocycles. The normalized spacial score (nSPS) is 34.4. The van der Waals surface area contributed by atoms with E-state index in [4.69, 9.17) is 0 Å². The fraction of sp³-hybridized carbons (Fsp3) is 1.00. The maximum absolute atomic E-state index is 2.67. The molecule has 0 saturated carbocycles. The number of rotatable bonds is 2. The molecule has 2 nitrogen and oxygen atoms in total. The van der Waals surface area contributed by atoms with Crippen molar-refractivity contribution in [2.24, 2.45) is 5.41 Å². The zero-order valence-electron chi connectivity index (χ0n) is 10.6. The van der Waals surface area contributed by atoms with E-state index >= 15 is 0 Å². The predicted molar refractivity (Wildman–Crippen MR) is 65.1 cm³/mol. The maximum Gasteiger partial charge on any atom is 0.00534 e. The Kier molecular flexibility index (Phi) is 3.36. The molecule has 2 aliphatic rings. The maximum atomic E-state index is 2.67. The van der Waals surface area contributed by atoms with Gasteiger partial charge in [-0.1, -0.05) is 6.92 Å². The second-order valence-corrected chi connectivity index (χ2v) is 5.79. The van der Waals surface area contributed by atoms with E-state index in [1.165, 1.54) is 52.0 Å². The molecule has 0 N–H and O–H groups in total. The Labute approximate surface area is 94.6 Å². The average molecular weight is 210 g/mol. The van der Waals surface area contributed by atoms with Crippen LogP contribution in [0.1, 0.15) is 40.0 Å². The van der Waals surface area contributed by atoms with E-state index < -0.39 is 0 Å². The largest absolute Gasteiger partial charge is 0.303 e. The van der Waals surface area contributed by atoms with Crippen LogP contribution in [-0.2, 0) is 0 Å². The van der Waals surface area contributed by atoms with Crippen LogP contribution in [0.2, 0.25) is 0 Å². The Morgan fingerprint density at radius 2 is 1.93 bits per heavy atom. The minimum Gasteiger partial charge on any atom is -0.303 e. The molecule has 2 heteroatoms. The number of hydrogen-bond donors (Lipinski definition) is 0. The van der Waals surface area contributed by atoms with Crippen molar-refractivity contribution in [2.45, 2.75) is 46.1 Å². The summed E-state index contributed by atoms with van der Waals surface area (Å²) in [4.78, 5) is 5.31. The second kappa shape index (κ2) is 4.42. The van der Waals surface area contributed by atoms with Gasteiger partial charge in [-0.2, -0.15) is 0 Å². The van der Waals surface area contributed by atoms with Gasteiger partial charge in [-0.3, -0.25) is 0 Å². The monoisotopic (exact) mass is 210 g/mol. The molecule has 0 aromatic rings.